The first kappa shape index (κ1) is 15.8. The topological polar surface area (TPSA) is 85.2 Å². The molecule has 0 radical (unpaired) electrons. The van der Waals surface area contributed by atoms with E-state index >= 15 is 0 Å². The summed E-state index contributed by atoms with van der Waals surface area (Å²) in [6.45, 7) is 1.86. The van der Waals surface area contributed by atoms with Crippen LogP contribution in [0.2, 0.25) is 0 Å². The summed E-state index contributed by atoms with van der Waals surface area (Å²) in [6, 6.07) is 12.3. The molecule has 0 amide bonds. The van der Waals surface area contributed by atoms with Gasteiger partial charge < -0.3 is 4.74 Å². The van der Waals surface area contributed by atoms with E-state index in [1.54, 1.807) is 12.1 Å². The summed E-state index contributed by atoms with van der Waals surface area (Å²) in [6.07, 6.45) is 0. The Morgan fingerprint density at radius 3 is 2.14 bits per heavy atom. The van der Waals surface area contributed by atoms with E-state index in [0.717, 1.165) is 5.56 Å². The Hall–Kier alpha value is -2.54. The molecule has 0 saturated carbocycles. The number of nitrogens with zero attached hydrogens (tertiary/aromatic N) is 2. The summed E-state index contributed by atoms with van der Waals surface area (Å²) < 4.78 is 32.0. The van der Waals surface area contributed by atoms with E-state index in [1.807, 2.05) is 6.92 Å². The monoisotopic (exact) mass is 318 g/mol. The fourth-order valence-electron chi connectivity index (χ4n) is 1.64. The number of carbonyl (C=O) groups excluding carboxylic acids is 1. The molecule has 0 aliphatic rings. The molecule has 6 nitrogen and oxygen atoms in total. The predicted octanol–water partition coefficient (Wildman–Crippen LogP) is 3.25. The number of rotatable bonds is 4. The lowest BCUT2D eigenvalue weighted by molar-refractivity contribution is 0.0601. The Balaban J connectivity index is 2.20. The van der Waals surface area contributed by atoms with Gasteiger partial charge in [0.1, 0.15) is 0 Å². The minimum absolute atomic E-state index is 0.0769. The third-order valence-electron chi connectivity index (χ3n) is 2.87. The predicted molar refractivity (Wildman–Crippen MR) is 80.7 cm³/mol. The molecule has 2 rings (SSSR count). The van der Waals surface area contributed by atoms with Crippen LogP contribution in [0.3, 0.4) is 0 Å². The lowest BCUT2D eigenvalue weighted by Crippen LogP contribution is -1.99. The highest BCUT2D eigenvalue weighted by atomic mass is 32.2. The Morgan fingerprint density at radius 1 is 1.00 bits per heavy atom. The van der Waals surface area contributed by atoms with Crippen molar-refractivity contribution < 1.29 is 17.9 Å². The van der Waals surface area contributed by atoms with Crippen molar-refractivity contribution in [1.29, 1.82) is 0 Å². The van der Waals surface area contributed by atoms with Crippen LogP contribution in [0, 0.1) is 6.92 Å². The first-order chi connectivity index (χ1) is 10.4. The molecular formula is C15H14N2O4S. The normalized spacial score (nSPS) is 11.5. The van der Waals surface area contributed by atoms with Gasteiger partial charge in [-0.05, 0) is 43.3 Å². The van der Waals surface area contributed by atoms with Gasteiger partial charge in [-0.15, -0.1) is 5.11 Å². The van der Waals surface area contributed by atoms with Gasteiger partial charge in [0, 0.05) is 0 Å². The number of carbonyl (C=O) groups is 1. The maximum atomic E-state index is 12.0. The molecule has 0 heterocycles. The molecule has 0 unspecified atom stereocenters. The smallest absolute Gasteiger partial charge is 0.337 e. The number of sulfonamides is 1. The van der Waals surface area contributed by atoms with Crippen LogP contribution in [0.1, 0.15) is 15.9 Å². The van der Waals surface area contributed by atoms with Crippen LogP contribution in [0.5, 0.6) is 0 Å². The third-order valence-corrected chi connectivity index (χ3v) is 4.04. The van der Waals surface area contributed by atoms with Crippen molar-refractivity contribution in [3.05, 3.63) is 59.7 Å². The number of esters is 1. The minimum Gasteiger partial charge on any atom is -0.465 e. The van der Waals surface area contributed by atoms with Crippen molar-refractivity contribution in [2.24, 2.45) is 9.63 Å². The molecule has 7 heteroatoms. The molecule has 0 aliphatic carbocycles. The molecule has 0 fully saturated rings. The highest BCUT2D eigenvalue weighted by molar-refractivity contribution is 7.90. The molecule has 0 atom stereocenters. The summed E-state index contributed by atoms with van der Waals surface area (Å²) in [4.78, 5) is 11.4. The Bertz CT molecular complexity index is 794. The van der Waals surface area contributed by atoms with Crippen LogP contribution in [0.15, 0.2) is 63.1 Å². The zero-order valence-electron chi connectivity index (χ0n) is 12.1. The summed E-state index contributed by atoms with van der Waals surface area (Å²) in [7, 11) is -2.56. The molecule has 22 heavy (non-hydrogen) atoms. The molecule has 0 saturated heterocycles. The maximum Gasteiger partial charge on any atom is 0.337 e. The second kappa shape index (κ2) is 6.48. The molecule has 0 spiro atoms. The second-order valence-corrected chi connectivity index (χ2v) is 6.09. The summed E-state index contributed by atoms with van der Waals surface area (Å²) in [5.74, 6) is -0.476. The van der Waals surface area contributed by atoms with E-state index in [1.165, 1.54) is 43.5 Å². The SMILES string of the molecule is COC(=O)c1ccc(N=NS(=O)(=O)c2ccc(C)cc2)cc1. The summed E-state index contributed by atoms with van der Waals surface area (Å²) >= 11 is 0. The van der Waals surface area contributed by atoms with Crippen LogP contribution in [0.25, 0.3) is 0 Å². The Labute approximate surface area is 128 Å². The van der Waals surface area contributed by atoms with Crippen molar-refractivity contribution in [1.82, 2.24) is 0 Å². The van der Waals surface area contributed by atoms with Gasteiger partial charge in [-0.2, -0.15) is 8.42 Å². The molecule has 0 bridgehead atoms. The van der Waals surface area contributed by atoms with E-state index in [-0.39, 0.29) is 4.90 Å². The highest BCUT2D eigenvalue weighted by Gasteiger charge is 2.12. The Kier molecular flexibility index (Phi) is 4.67. The standard InChI is InChI=1S/C15H14N2O4S/c1-11-3-9-14(10-4-11)22(19,20)17-16-13-7-5-12(6-8-13)15(18)21-2/h3-10H,1-2H3. The first-order valence-corrected chi connectivity index (χ1v) is 7.79. The van der Waals surface area contributed by atoms with Crippen molar-refractivity contribution in [2.75, 3.05) is 7.11 Å². The van der Waals surface area contributed by atoms with Gasteiger partial charge in [-0.3, -0.25) is 0 Å². The number of benzene rings is 2. The molecule has 114 valence electrons. The zero-order chi connectivity index (χ0) is 16.2. The van der Waals surface area contributed by atoms with Gasteiger partial charge in [-0.25, -0.2) is 4.79 Å². The lowest BCUT2D eigenvalue weighted by Gasteiger charge is -2.00. The molecule has 0 N–H and O–H groups in total. The quantitative estimate of drug-likeness (QED) is 0.639. The Morgan fingerprint density at radius 2 is 1.59 bits per heavy atom. The first-order valence-electron chi connectivity index (χ1n) is 6.35. The highest BCUT2D eigenvalue weighted by Crippen LogP contribution is 2.18. The van der Waals surface area contributed by atoms with E-state index < -0.39 is 16.0 Å². The van der Waals surface area contributed by atoms with Crippen LogP contribution in [-0.4, -0.2) is 21.5 Å². The largest absolute Gasteiger partial charge is 0.465 e. The average Bonchev–Trinajstić information content (AvgIpc) is 2.53. The van der Waals surface area contributed by atoms with Crippen molar-refractivity contribution in [2.45, 2.75) is 11.8 Å². The lowest BCUT2D eigenvalue weighted by atomic mass is 10.2. The van der Waals surface area contributed by atoms with Crippen LogP contribution in [0.4, 0.5) is 5.69 Å². The maximum absolute atomic E-state index is 12.0. The number of hydrogen-bond donors (Lipinski definition) is 0. The third kappa shape index (κ3) is 3.76. The fraction of sp³-hybridized carbons (Fsp3) is 0.133. The average molecular weight is 318 g/mol. The van der Waals surface area contributed by atoms with Gasteiger partial charge in [0.05, 0.1) is 23.3 Å². The van der Waals surface area contributed by atoms with Gasteiger partial charge in [0.2, 0.25) is 0 Å². The van der Waals surface area contributed by atoms with E-state index in [0.29, 0.717) is 11.3 Å². The summed E-state index contributed by atoms with van der Waals surface area (Å²) in [5, 5.41) is 3.69. The van der Waals surface area contributed by atoms with Gasteiger partial charge >= 0.3 is 5.97 Å². The number of hydrogen-bond acceptors (Lipinski definition) is 5. The molecule has 2 aromatic rings. The van der Waals surface area contributed by atoms with E-state index in [2.05, 4.69) is 14.4 Å². The zero-order valence-corrected chi connectivity index (χ0v) is 12.9. The van der Waals surface area contributed by atoms with E-state index in [9.17, 15) is 13.2 Å². The fourth-order valence-corrected chi connectivity index (χ4v) is 2.42. The molecular weight excluding hydrogens is 304 g/mol. The summed E-state index contributed by atoms with van der Waals surface area (Å²) in [5.41, 5.74) is 1.63. The van der Waals surface area contributed by atoms with Crippen LogP contribution < -0.4 is 0 Å². The molecule has 0 aliphatic heterocycles. The minimum atomic E-state index is -3.84. The van der Waals surface area contributed by atoms with Crippen LogP contribution in [-0.2, 0) is 14.8 Å². The number of ether oxygens (including phenoxy) is 1. The van der Waals surface area contributed by atoms with Crippen molar-refractivity contribution >= 4 is 21.7 Å². The molecule has 0 aromatic heterocycles. The van der Waals surface area contributed by atoms with Crippen molar-refractivity contribution in [3.8, 4) is 0 Å². The van der Waals surface area contributed by atoms with Crippen molar-refractivity contribution in [3.63, 3.8) is 0 Å². The van der Waals surface area contributed by atoms with Crippen LogP contribution >= 0.6 is 0 Å². The molecule has 2 aromatic carbocycles. The number of aryl methyl sites for hydroxylation is 1. The second-order valence-electron chi connectivity index (χ2n) is 4.51. The van der Waals surface area contributed by atoms with Gasteiger partial charge in [0.15, 0.2) is 0 Å². The van der Waals surface area contributed by atoms with E-state index in [4.69, 9.17) is 0 Å². The van der Waals surface area contributed by atoms with Gasteiger partial charge in [0.25, 0.3) is 10.0 Å². The number of methoxy groups -OCH3 is 1. The van der Waals surface area contributed by atoms with Gasteiger partial charge in [-0.1, -0.05) is 22.2 Å².